The number of aliphatic carboxylic acids is 1. The minimum absolute atomic E-state index is 0.0214. The summed E-state index contributed by atoms with van der Waals surface area (Å²) in [5.74, 6) is -0.482. The number of thioether (sulfide) groups is 1. The number of carboxylic acids is 1. The number of carboxylic acid groups (broad SMARTS) is 1. The average Bonchev–Trinajstić information content (AvgIpc) is 2.96. The Labute approximate surface area is 249 Å². The van der Waals surface area contributed by atoms with Crippen LogP contribution in [0.25, 0.3) is 10.9 Å². The maximum absolute atomic E-state index is 11.8. The number of carbonyl (C=O) groups excluding carboxylic acids is 1. The van der Waals surface area contributed by atoms with Gasteiger partial charge in [-0.3, -0.25) is 4.79 Å². The number of amides is 1. The predicted molar refractivity (Wildman–Crippen MR) is 167 cm³/mol. The summed E-state index contributed by atoms with van der Waals surface area (Å²) in [6.07, 6.45) is 4.28. The van der Waals surface area contributed by atoms with Crippen molar-refractivity contribution in [2.24, 2.45) is 0 Å². The second-order valence-corrected chi connectivity index (χ2v) is 11.4. The Morgan fingerprint density at radius 1 is 1.07 bits per heavy atom. The number of ether oxygens (including phenoxy) is 1. The molecule has 6 nitrogen and oxygen atoms in total. The lowest BCUT2D eigenvalue weighted by molar-refractivity contribution is -0.140. The largest absolute Gasteiger partial charge is 0.487 e. The number of hydrogen-bond donors (Lipinski definition) is 2. The Kier molecular flexibility index (Phi) is 10.8. The Morgan fingerprint density at radius 3 is 2.61 bits per heavy atom. The fraction of sp³-hybridized carbons (Fsp3) is 0.242. The van der Waals surface area contributed by atoms with E-state index >= 15 is 0 Å². The van der Waals surface area contributed by atoms with Crippen LogP contribution in [0.4, 0.5) is 0 Å². The van der Waals surface area contributed by atoms with Crippen LogP contribution in [0.3, 0.4) is 0 Å². The molecule has 4 aromatic rings. The summed E-state index contributed by atoms with van der Waals surface area (Å²) in [5, 5.41) is 13.8. The van der Waals surface area contributed by atoms with Crippen LogP contribution >= 0.6 is 23.4 Å². The molecule has 0 radical (unpaired) electrons. The second-order valence-electron chi connectivity index (χ2n) is 9.71. The number of nitrogens with one attached hydrogen (secondary N) is 1. The first-order valence-corrected chi connectivity index (χ1v) is 14.8. The van der Waals surface area contributed by atoms with Crippen LogP contribution in [0.15, 0.2) is 91.5 Å². The summed E-state index contributed by atoms with van der Waals surface area (Å²) >= 11 is 7.66. The predicted octanol–water partition coefficient (Wildman–Crippen LogP) is 7.19. The van der Waals surface area contributed by atoms with Gasteiger partial charge in [-0.1, -0.05) is 66.2 Å². The quantitative estimate of drug-likeness (QED) is 0.152. The van der Waals surface area contributed by atoms with Crippen molar-refractivity contribution < 1.29 is 19.4 Å². The van der Waals surface area contributed by atoms with E-state index in [1.807, 2.05) is 72.8 Å². The van der Waals surface area contributed by atoms with Crippen LogP contribution in [0.5, 0.6) is 5.75 Å². The molecule has 0 aliphatic heterocycles. The van der Waals surface area contributed by atoms with Crippen molar-refractivity contribution in [3.05, 3.63) is 119 Å². The topological polar surface area (TPSA) is 88.5 Å². The van der Waals surface area contributed by atoms with Crippen molar-refractivity contribution in [3.8, 4) is 5.75 Å². The van der Waals surface area contributed by atoms with Crippen molar-refractivity contribution in [1.29, 1.82) is 0 Å². The van der Waals surface area contributed by atoms with E-state index in [2.05, 4.69) is 29.0 Å². The highest BCUT2D eigenvalue weighted by Crippen LogP contribution is 2.36. The van der Waals surface area contributed by atoms with E-state index in [1.165, 1.54) is 29.8 Å². The summed E-state index contributed by atoms with van der Waals surface area (Å²) < 4.78 is 6.13. The molecule has 212 valence electrons. The third-order valence-electron chi connectivity index (χ3n) is 6.63. The average molecular weight is 589 g/mol. The highest BCUT2D eigenvalue weighted by atomic mass is 35.5. The zero-order valence-corrected chi connectivity index (χ0v) is 24.5. The monoisotopic (exact) mass is 588 g/mol. The normalized spacial score (nSPS) is 12.4. The molecule has 1 aromatic heterocycles. The molecule has 1 heterocycles. The third kappa shape index (κ3) is 8.84. The minimum Gasteiger partial charge on any atom is -0.487 e. The molecule has 0 fully saturated rings. The van der Waals surface area contributed by atoms with E-state index in [0.29, 0.717) is 17.4 Å². The molecule has 0 bridgehead atoms. The third-order valence-corrected chi connectivity index (χ3v) is 8.30. The van der Waals surface area contributed by atoms with E-state index in [1.54, 1.807) is 0 Å². The van der Waals surface area contributed by atoms with E-state index in [4.69, 9.17) is 16.3 Å². The smallest absolute Gasteiger partial charge is 0.327 e. The SMILES string of the molecule is C=CCc1ccccc1CCC(SC[C@H](NC(C)=O)C(=O)O)c1cccc(OCc2ccc3ccc(Cl)cc3n2)c1. The fourth-order valence-corrected chi connectivity index (χ4v) is 6.04. The number of halogens is 1. The van der Waals surface area contributed by atoms with Gasteiger partial charge in [-0.25, -0.2) is 9.78 Å². The lowest BCUT2D eigenvalue weighted by Gasteiger charge is -2.21. The molecule has 1 unspecified atom stereocenters. The minimum atomic E-state index is -1.05. The van der Waals surface area contributed by atoms with Gasteiger partial charge in [0.15, 0.2) is 0 Å². The Balaban J connectivity index is 1.52. The molecule has 41 heavy (non-hydrogen) atoms. The number of hydrogen-bond acceptors (Lipinski definition) is 5. The molecule has 0 aliphatic carbocycles. The highest BCUT2D eigenvalue weighted by Gasteiger charge is 2.22. The van der Waals surface area contributed by atoms with Gasteiger partial charge < -0.3 is 15.2 Å². The number of pyridine rings is 1. The van der Waals surface area contributed by atoms with Crippen LogP contribution in [-0.4, -0.2) is 33.8 Å². The molecule has 3 aromatic carbocycles. The highest BCUT2D eigenvalue weighted by molar-refractivity contribution is 7.99. The van der Waals surface area contributed by atoms with Crippen molar-refractivity contribution >= 4 is 46.1 Å². The summed E-state index contributed by atoms with van der Waals surface area (Å²) in [6.45, 7) is 5.50. The lowest BCUT2D eigenvalue weighted by Crippen LogP contribution is -2.41. The van der Waals surface area contributed by atoms with Gasteiger partial charge in [0, 0.05) is 28.3 Å². The van der Waals surface area contributed by atoms with Crippen molar-refractivity contribution in [2.45, 2.75) is 44.1 Å². The van der Waals surface area contributed by atoms with Crippen LogP contribution in [0.1, 0.15) is 41.0 Å². The summed E-state index contributed by atoms with van der Waals surface area (Å²) in [5.41, 5.74) is 5.10. The van der Waals surface area contributed by atoms with Crippen molar-refractivity contribution in [3.63, 3.8) is 0 Å². The van der Waals surface area contributed by atoms with Gasteiger partial charge in [0.1, 0.15) is 18.4 Å². The van der Waals surface area contributed by atoms with Gasteiger partial charge in [-0.05, 0) is 66.3 Å². The Hall–Kier alpha value is -3.81. The van der Waals surface area contributed by atoms with Gasteiger partial charge in [-0.15, -0.1) is 6.58 Å². The number of allylic oxidation sites excluding steroid dienone is 1. The zero-order valence-electron chi connectivity index (χ0n) is 22.9. The zero-order chi connectivity index (χ0) is 29.2. The maximum Gasteiger partial charge on any atom is 0.327 e. The van der Waals surface area contributed by atoms with Gasteiger partial charge in [0.2, 0.25) is 5.91 Å². The molecular formula is C33H33ClN2O4S. The standard InChI is InChI=1S/C33H33ClN2O4S/c1-3-7-23-8-4-5-9-24(23)14-17-32(41-21-31(33(38)39)35-22(2)37)26-10-6-11-29(18-26)40-20-28-16-13-25-12-15-27(34)19-30(25)36-28/h3-6,8-13,15-16,18-19,31-32H,1,7,14,17,20-21H2,2H3,(H,35,37)(H,38,39)/t31-,32?/m0/s1. The number of rotatable bonds is 14. The lowest BCUT2D eigenvalue weighted by atomic mass is 9.98. The number of aryl methyl sites for hydroxylation is 1. The number of carbonyl (C=O) groups is 2. The molecule has 2 atom stereocenters. The molecule has 0 aliphatic rings. The summed E-state index contributed by atoms with van der Waals surface area (Å²) in [7, 11) is 0. The van der Waals surface area contributed by atoms with E-state index < -0.39 is 12.0 Å². The van der Waals surface area contributed by atoms with Crippen molar-refractivity contribution in [2.75, 3.05) is 5.75 Å². The van der Waals surface area contributed by atoms with Gasteiger partial charge in [0.25, 0.3) is 0 Å². The van der Waals surface area contributed by atoms with Crippen LogP contribution < -0.4 is 10.1 Å². The van der Waals surface area contributed by atoms with Gasteiger partial charge in [0.05, 0.1) is 11.2 Å². The van der Waals surface area contributed by atoms with Gasteiger partial charge >= 0.3 is 5.97 Å². The Morgan fingerprint density at radius 2 is 1.85 bits per heavy atom. The molecule has 1 amide bonds. The van der Waals surface area contributed by atoms with Crippen LogP contribution in [-0.2, 0) is 29.0 Å². The van der Waals surface area contributed by atoms with Crippen LogP contribution in [0, 0.1) is 0 Å². The molecular weight excluding hydrogens is 556 g/mol. The van der Waals surface area contributed by atoms with E-state index in [-0.39, 0.29) is 16.9 Å². The van der Waals surface area contributed by atoms with E-state index in [0.717, 1.165) is 41.4 Å². The maximum atomic E-state index is 11.8. The summed E-state index contributed by atoms with van der Waals surface area (Å²) in [4.78, 5) is 28.0. The Bertz CT molecular complexity index is 1530. The molecule has 4 rings (SSSR count). The summed E-state index contributed by atoms with van der Waals surface area (Å²) in [6, 6.07) is 24.8. The number of aromatic nitrogens is 1. The van der Waals surface area contributed by atoms with Gasteiger partial charge in [-0.2, -0.15) is 11.8 Å². The number of benzene rings is 3. The first-order chi connectivity index (χ1) is 19.8. The molecule has 2 N–H and O–H groups in total. The van der Waals surface area contributed by atoms with E-state index in [9.17, 15) is 14.7 Å². The first-order valence-electron chi connectivity index (χ1n) is 13.4. The molecule has 8 heteroatoms. The fourth-order valence-electron chi connectivity index (χ4n) is 4.60. The molecule has 0 saturated heterocycles. The molecule has 0 spiro atoms. The molecule has 0 saturated carbocycles. The van der Waals surface area contributed by atoms with Crippen molar-refractivity contribution in [1.82, 2.24) is 10.3 Å². The first kappa shape index (κ1) is 30.2. The second kappa shape index (κ2) is 14.7. The number of nitrogens with zero attached hydrogens (tertiary/aromatic N) is 1. The number of fused-ring (bicyclic) bond motifs is 1. The van der Waals surface area contributed by atoms with Crippen LogP contribution in [0.2, 0.25) is 5.02 Å².